The van der Waals surface area contributed by atoms with Crippen LogP contribution in [0.5, 0.6) is 5.75 Å². The van der Waals surface area contributed by atoms with Gasteiger partial charge in [-0.3, -0.25) is 4.79 Å². The van der Waals surface area contributed by atoms with E-state index in [1.807, 2.05) is 36.5 Å². The summed E-state index contributed by atoms with van der Waals surface area (Å²) in [6.07, 6.45) is 10.1. The van der Waals surface area contributed by atoms with E-state index >= 15 is 0 Å². The van der Waals surface area contributed by atoms with Crippen molar-refractivity contribution in [3.63, 3.8) is 0 Å². The van der Waals surface area contributed by atoms with Gasteiger partial charge in [0.15, 0.2) is 0 Å². The lowest BCUT2D eigenvalue weighted by molar-refractivity contribution is 0.102. The van der Waals surface area contributed by atoms with Crippen molar-refractivity contribution in [2.24, 2.45) is 4.99 Å². The Morgan fingerprint density at radius 1 is 1.08 bits per heavy atom. The number of fused-ring (bicyclic) bond motifs is 1. The van der Waals surface area contributed by atoms with Gasteiger partial charge in [-0.2, -0.15) is 0 Å². The van der Waals surface area contributed by atoms with Crippen molar-refractivity contribution in [3.8, 4) is 5.75 Å². The number of anilines is 1. The Labute approximate surface area is 234 Å². The number of rotatable bonds is 7. The molecule has 1 N–H and O–H groups in total. The molecule has 0 radical (unpaired) electrons. The molecule has 36 heavy (non-hydrogen) atoms. The van der Waals surface area contributed by atoms with Crippen LogP contribution in [-0.4, -0.2) is 18.7 Å². The first-order valence-corrected chi connectivity index (χ1v) is 14.6. The van der Waals surface area contributed by atoms with E-state index in [1.54, 1.807) is 17.4 Å². The Hall–Kier alpha value is -2.22. The van der Waals surface area contributed by atoms with Gasteiger partial charge in [0, 0.05) is 16.8 Å². The highest BCUT2D eigenvalue weighted by molar-refractivity contribution is 9.11. The van der Waals surface area contributed by atoms with Gasteiger partial charge in [0.2, 0.25) is 0 Å². The van der Waals surface area contributed by atoms with E-state index in [9.17, 15) is 4.79 Å². The maximum atomic E-state index is 13.6. The summed E-state index contributed by atoms with van der Waals surface area (Å²) in [5.41, 5.74) is 5.97. The predicted octanol–water partition coefficient (Wildman–Crippen LogP) is 9.12. The molecule has 1 heterocycles. The van der Waals surface area contributed by atoms with Gasteiger partial charge < -0.3 is 10.1 Å². The lowest BCUT2D eigenvalue weighted by Gasteiger charge is -2.12. The van der Waals surface area contributed by atoms with Gasteiger partial charge >= 0.3 is 0 Å². The number of benzene rings is 2. The van der Waals surface area contributed by atoms with Crippen LogP contribution in [0.15, 0.2) is 56.9 Å². The van der Waals surface area contributed by atoms with Crippen molar-refractivity contribution >= 4 is 66.0 Å². The van der Waals surface area contributed by atoms with Gasteiger partial charge in [0.1, 0.15) is 17.4 Å². The molecule has 0 saturated heterocycles. The summed E-state index contributed by atoms with van der Waals surface area (Å²) >= 11 is 8.84. The van der Waals surface area contributed by atoms with E-state index in [0.717, 1.165) is 67.8 Å². The molecule has 188 valence electrons. The van der Waals surface area contributed by atoms with Crippen molar-refractivity contribution in [1.29, 1.82) is 0 Å². The number of amides is 1. The van der Waals surface area contributed by atoms with Crippen molar-refractivity contribution in [2.45, 2.75) is 52.4 Å². The molecule has 0 spiro atoms. The van der Waals surface area contributed by atoms with E-state index in [4.69, 9.17) is 9.73 Å². The van der Waals surface area contributed by atoms with E-state index in [1.165, 1.54) is 28.8 Å². The highest BCUT2D eigenvalue weighted by atomic mass is 79.9. The molecule has 0 bridgehead atoms. The zero-order chi connectivity index (χ0) is 25.7. The fourth-order valence-corrected chi connectivity index (χ4v) is 6.99. The SMILES string of the molecule is C=CCOc1c(Br)cc(C=Nc2sc3c(c2C(=O)Nc2ccc(C)c(C)c2)CCCCCC3)cc1Br. The second kappa shape index (κ2) is 12.3. The molecule has 0 atom stereocenters. The number of hydrogen-bond acceptors (Lipinski definition) is 4. The molecular formula is C29H30Br2N2O2S. The second-order valence-electron chi connectivity index (χ2n) is 9.02. The first-order chi connectivity index (χ1) is 17.4. The summed E-state index contributed by atoms with van der Waals surface area (Å²) in [5.74, 6) is 0.638. The molecule has 0 aliphatic heterocycles. The number of aryl methyl sites for hydroxylation is 3. The van der Waals surface area contributed by atoms with Crippen LogP contribution in [0.1, 0.15) is 63.2 Å². The van der Waals surface area contributed by atoms with Crippen molar-refractivity contribution in [2.75, 3.05) is 11.9 Å². The van der Waals surface area contributed by atoms with Gasteiger partial charge in [-0.05, 0) is 118 Å². The fraction of sp³-hybridized carbons (Fsp3) is 0.310. The molecular weight excluding hydrogens is 600 g/mol. The van der Waals surface area contributed by atoms with Gasteiger partial charge in [0.25, 0.3) is 5.91 Å². The minimum atomic E-state index is -0.0842. The maximum Gasteiger partial charge on any atom is 0.259 e. The third-order valence-corrected chi connectivity index (χ3v) is 8.72. The Kier molecular flexibility index (Phi) is 9.20. The molecule has 7 heteroatoms. The van der Waals surface area contributed by atoms with Crippen LogP contribution < -0.4 is 10.1 Å². The van der Waals surface area contributed by atoms with Crippen LogP contribution in [0.3, 0.4) is 0 Å². The van der Waals surface area contributed by atoms with Crippen LogP contribution in [0, 0.1) is 13.8 Å². The second-order valence-corrected chi connectivity index (χ2v) is 11.8. The quantitative estimate of drug-likeness (QED) is 0.209. The number of hydrogen-bond donors (Lipinski definition) is 1. The first kappa shape index (κ1) is 26.8. The van der Waals surface area contributed by atoms with Crippen LogP contribution in [0.2, 0.25) is 0 Å². The molecule has 0 fully saturated rings. The number of nitrogens with one attached hydrogen (secondary N) is 1. The number of nitrogens with zero attached hydrogens (tertiary/aromatic N) is 1. The van der Waals surface area contributed by atoms with Crippen LogP contribution in [-0.2, 0) is 12.8 Å². The Morgan fingerprint density at radius 3 is 2.50 bits per heavy atom. The summed E-state index contributed by atoms with van der Waals surface area (Å²) < 4.78 is 7.38. The fourth-order valence-electron chi connectivity index (χ4n) is 4.31. The molecule has 1 aliphatic carbocycles. The molecule has 2 aromatic carbocycles. The maximum absolute atomic E-state index is 13.6. The Balaban J connectivity index is 1.69. The smallest absolute Gasteiger partial charge is 0.259 e. The molecule has 4 nitrogen and oxygen atoms in total. The summed E-state index contributed by atoms with van der Waals surface area (Å²) in [6.45, 7) is 8.26. The molecule has 1 amide bonds. The minimum absolute atomic E-state index is 0.0842. The topological polar surface area (TPSA) is 50.7 Å². The predicted molar refractivity (Wildman–Crippen MR) is 159 cm³/mol. The molecule has 1 aromatic heterocycles. The normalized spacial score (nSPS) is 13.7. The van der Waals surface area contributed by atoms with Crippen molar-refractivity contribution in [3.05, 3.63) is 84.6 Å². The van der Waals surface area contributed by atoms with E-state index in [0.29, 0.717) is 6.61 Å². The zero-order valence-electron chi connectivity index (χ0n) is 20.6. The molecule has 0 unspecified atom stereocenters. The molecule has 1 aliphatic rings. The number of carbonyl (C=O) groups excluding carboxylic acids is 1. The van der Waals surface area contributed by atoms with Gasteiger partial charge in [0.05, 0.1) is 14.5 Å². The number of halogens is 2. The molecule has 3 aromatic rings. The van der Waals surface area contributed by atoms with Crippen LogP contribution in [0.25, 0.3) is 0 Å². The average Bonchev–Trinajstić information content (AvgIpc) is 3.16. The van der Waals surface area contributed by atoms with E-state index in [2.05, 4.69) is 57.6 Å². The van der Waals surface area contributed by atoms with Crippen LogP contribution >= 0.6 is 43.2 Å². The van der Waals surface area contributed by atoms with Gasteiger partial charge in [-0.1, -0.05) is 31.6 Å². The molecule has 4 rings (SSSR count). The van der Waals surface area contributed by atoms with Crippen molar-refractivity contribution < 1.29 is 9.53 Å². The average molecular weight is 630 g/mol. The summed E-state index contributed by atoms with van der Waals surface area (Å²) in [6, 6.07) is 9.96. The monoisotopic (exact) mass is 628 g/mol. The Bertz CT molecular complexity index is 1290. The largest absolute Gasteiger partial charge is 0.487 e. The number of aliphatic imine (C=N–C) groups is 1. The molecule has 0 saturated carbocycles. The van der Waals surface area contributed by atoms with Gasteiger partial charge in [-0.15, -0.1) is 11.3 Å². The third-order valence-electron chi connectivity index (χ3n) is 6.34. The van der Waals surface area contributed by atoms with Crippen LogP contribution in [0.4, 0.5) is 10.7 Å². The Morgan fingerprint density at radius 2 is 1.81 bits per heavy atom. The number of carbonyl (C=O) groups is 1. The summed E-state index contributed by atoms with van der Waals surface area (Å²) in [7, 11) is 0. The first-order valence-electron chi connectivity index (χ1n) is 12.2. The minimum Gasteiger partial charge on any atom is -0.487 e. The summed E-state index contributed by atoms with van der Waals surface area (Å²) in [5, 5.41) is 3.90. The lowest BCUT2D eigenvalue weighted by atomic mass is 9.96. The summed E-state index contributed by atoms with van der Waals surface area (Å²) in [4.78, 5) is 19.7. The third kappa shape index (κ3) is 6.36. The zero-order valence-corrected chi connectivity index (χ0v) is 24.6. The van der Waals surface area contributed by atoms with Gasteiger partial charge in [-0.25, -0.2) is 4.99 Å². The standard InChI is InChI=1S/C29H30Br2N2O2S/c1-4-13-35-27-23(30)15-20(16-24(27)31)17-32-29-26(22-9-7-5-6-8-10-25(22)36-29)28(34)33-21-12-11-18(2)19(3)14-21/h4,11-12,14-17H,1,5-10,13H2,2-3H3,(H,33,34). The van der Waals surface area contributed by atoms with E-state index in [-0.39, 0.29) is 5.91 Å². The lowest BCUT2D eigenvalue weighted by Crippen LogP contribution is -2.14. The van der Waals surface area contributed by atoms with Crippen molar-refractivity contribution in [1.82, 2.24) is 0 Å². The number of ether oxygens (including phenoxy) is 1. The highest BCUT2D eigenvalue weighted by Gasteiger charge is 2.24. The highest BCUT2D eigenvalue weighted by Crippen LogP contribution is 2.40. The van der Waals surface area contributed by atoms with E-state index < -0.39 is 0 Å². The number of thiophene rings is 1.